The predicted molar refractivity (Wildman–Crippen MR) is 109 cm³/mol. The van der Waals surface area contributed by atoms with Crippen LogP contribution in [0.1, 0.15) is 16.8 Å². The molecule has 0 bridgehead atoms. The molecule has 0 aliphatic carbocycles. The number of ether oxygens (including phenoxy) is 1. The predicted octanol–water partition coefficient (Wildman–Crippen LogP) is 3.91. The van der Waals surface area contributed by atoms with Gasteiger partial charge in [0, 0.05) is 18.3 Å². The largest absolute Gasteiger partial charge is 0.456 e. The zero-order valence-corrected chi connectivity index (χ0v) is 15.3. The monoisotopic (exact) mass is 370 g/mol. The van der Waals surface area contributed by atoms with E-state index in [1.54, 1.807) is 18.3 Å². The fourth-order valence-corrected chi connectivity index (χ4v) is 3.08. The van der Waals surface area contributed by atoms with Crippen molar-refractivity contribution in [1.29, 1.82) is 0 Å². The van der Waals surface area contributed by atoms with Gasteiger partial charge in [0.25, 0.3) is 5.56 Å². The number of fused-ring (bicyclic) bond motifs is 2. The summed E-state index contributed by atoms with van der Waals surface area (Å²) in [7, 11) is 0. The summed E-state index contributed by atoms with van der Waals surface area (Å²) in [5, 5.41) is 2.17. The number of carbonyl (C=O) groups excluding carboxylic acids is 1. The van der Waals surface area contributed by atoms with Crippen molar-refractivity contribution < 1.29 is 9.53 Å². The first kappa shape index (κ1) is 17.7. The number of benzene rings is 2. The molecule has 0 aliphatic heterocycles. The van der Waals surface area contributed by atoms with Gasteiger partial charge in [-0.2, -0.15) is 0 Å². The molecule has 0 amide bonds. The van der Waals surface area contributed by atoms with Gasteiger partial charge in [-0.15, -0.1) is 0 Å². The van der Waals surface area contributed by atoms with Gasteiger partial charge in [0.05, 0.1) is 5.69 Å². The summed E-state index contributed by atoms with van der Waals surface area (Å²) < 4.78 is 6.73. The Morgan fingerprint density at radius 1 is 1.11 bits per heavy atom. The smallest absolute Gasteiger partial charge is 0.331 e. The number of aromatic nitrogens is 2. The minimum atomic E-state index is -0.487. The number of nitrogens with zero attached hydrogens (tertiary/aromatic N) is 2. The topological polar surface area (TPSA) is 60.7 Å². The number of hydrogen-bond acceptors (Lipinski definition) is 4. The van der Waals surface area contributed by atoms with E-state index < -0.39 is 5.97 Å². The number of pyridine rings is 1. The molecule has 0 saturated heterocycles. The van der Waals surface area contributed by atoms with Crippen molar-refractivity contribution in [3.8, 4) is 0 Å². The molecule has 28 heavy (non-hydrogen) atoms. The fraction of sp³-hybridized carbons (Fsp3) is 0.0870. The summed E-state index contributed by atoms with van der Waals surface area (Å²) >= 11 is 0. The third-order valence-electron chi connectivity index (χ3n) is 4.45. The Morgan fingerprint density at radius 2 is 1.93 bits per heavy atom. The highest BCUT2D eigenvalue weighted by molar-refractivity contribution is 5.94. The number of carbonyl (C=O) groups is 1. The molecule has 0 fully saturated rings. The highest BCUT2D eigenvalue weighted by Gasteiger charge is 2.05. The van der Waals surface area contributed by atoms with E-state index in [0.717, 1.165) is 21.9 Å². The van der Waals surface area contributed by atoms with Crippen LogP contribution in [0.4, 0.5) is 0 Å². The second-order valence-electron chi connectivity index (χ2n) is 6.53. The molecule has 0 atom stereocenters. The first-order valence-electron chi connectivity index (χ1n) is 8.92. The van der Waals surface area contributed by atoms with E-state index in [2.05, 4.69) is 4.98 Å². The van der Waals surface area contributed by atoms with Gasteiger partial charge in [-0.3, -0.25) is 9.20 Å². The van der Waals surface area contributed by atoms with Crippen LogP contribution in [-0.4, -0.2) is 15.4 Å². The second-order valence-corrected chi connectivity index (χ2v) is 6.53. The Hall–Kier alpha value is -3.73. The Kier molecular flexibility index (Phi) is 4.72. The van der Waals surface area contributed by atoms with Crippen molar-refractivity contribution in [3.05, 3.63) is 100 Å². The average molecular weight is 370 g/mol. The van der Waals surface area contributed by atoms with Gasteiger partial charge in [0.1, 0.15) is 12.3 Å². The molecule has 2 aromatic carbocycles. The summed E-state index contributed by atoms with van der Waals surface area (Å²) in [5.74, 6) is -0.487. The maximum absolute atomic E-state index is 12.2. The van der Waals surface area contributed by atoms with E-state index in [-0.39, 0.29) is 12.2 Å². The summed E-state index contributed by atoms with van der Waals surface area (Å²) in [6.07, 6.45) is 4.85. The van der Waals surface area contributed by atoms with Crippen LogP contribution in [0.3, 0.4) is 0 Å². The number of hydrogen-bond donors (Lipinski definition) is 0. The van der Waals surface area contributed by atoms with E-state index in [1.807, 2.05) is 55.5 Å². The standard InChI is InChI=1S/C23H18N2O3/c1-16-9-11-21-24-19(13-22(26)25(21)14-16)15-28-23(27)12-10-18-7-4-6-17-5-2-3-8-20(17)18/h2-14H,15H2,1H3/b12-10+. The second kappa shape index (κ2) is 7.48. The molecular formula is C23H18N2O3. The summed E-state index contributed by atoms with van der Waals surface area (Å²) in [4.78, 5) is 28.7. The summed E-state index contributed by atoms with van der Waals surface area (Å²) in [5.41, 5.74) is 2.64. The van der Waals surface area contributed by atoms with Gasteiger partial charge in [0.2, 0.25) is 0 Å². The van der Waals surface area contributed by atoms with Crippen molar-refractivity contribution in [2.75, 3.05) is 0 Å². The molecule has 0 spiro atoms. The molecule has 4 rings (SSSR count). The van der Waals surface area contributed by atoms with Crippen molar-refractivity contribution in [3.63, 3.8) is 0 Å². The van der Waals surface area contributed by atoms with Crippen LogP contribution in [-0.2, 0) is 16.1 Å². The minimum Gasteiger partial charge on any atom is -0.456 e. The fourth-order valence-electron chi connectivity index (χ4n) is 3.08. The number of rotatable bonds is 4. The quantitative estimate of drug-likeness (QED) is 0.404. The Morgan fingerprint density at radius 3 is 2.82 bits per heavy atom. The zero-order chi connectivity index (χ0) is 19.5. The Balaban J connectivity index is 1.48. The van der Waals surface area contributed by atoms with Crippen LogP contribution in [0.2, 0.25) is 0 Å². The molecular weight excluding hydrogens is 352 g/mol. The van der Waals surface area contributed by atoms with Crippen molar-refractivity contribution >= 4 is 28.5 Å². The van der Waals surface area contributed by atoms with E-state index in [1.165, 1.54) is 16.5 Å². The highest BCUT2D eigenvalue weighted by atomic mass is 16.5. The first-order chi connectivity index (χ1) is 13.6. The molecule has 2 heterocycles. The van der Waals surface area contributed by atoms with Crippen molar-refractivity contribution in [2.45, 2.75) is 13.5 Å². The van der Waals surface area contributed by atoms with Crippen LogP contribution < -0.4 is 5.56 Å². The first-order valence-corrected chi connectivity index (χ1v) is 8.92. The molecule has 5 heteroatoms. The normalized spacial score (nSPS) is 11.3. The SMILES string of the molecule is Cc1ccc2nc(COC(=O)/C=C/c3cccc4ccccc34)cc(=O)n2c1. The van der Waals surface area contributed by atoms with Gasteiger partial charge in [-0.1, -0.05) is 48.5 Å². The molecule has 0 N–H and O–H groups in total. The molecule has 0 unspecified atom stereocenters. The number of esters is 1. The number of aryl methyl sites for hydroxylation is 1. The van der Waals surface area contributed by atoms with Crippen molar-refractivity contribution in [2.24, 2.45) is 0 Å². The van der Waals surface area contributed by atoms with Gasteiger partial charge in [-0.05, 0) is 41.0 Å². The van der Waals surface area contributed by atoms with Crippen LogP contribution in [0.25, 0.3) is 22.5 Å². The van der Waals surface area contributed by atoms with E-state index in [9.17, 15) is 9.59 Å². The van der Waals surface area contributed by atoms with Crippen LogP contribution in [0, 0.1) is 6.92 Å². The lowest BCUT2D eigenvalue weighted by molar-refractivity contribution is -0.139. The molecule has 5 nitrogen and oxygen atoms in total. The van der Waals surface area contributed by atoms with E-state index in [4.69, 9.17) is 4.74 Å². The molecule has 0 saturated carbocycles. The maximum Gasteiger partial charge on any atom is 0.331 e. The lowest BCUT2D eigenvalue weighted by Gasteiger charge is -2.05. The maximum atomic E-state index is 12.2. The summed E-state index contributed by atoms with van der Waals surface area (Å²) in [6.45, 7) is 1.85. The third kappa shape index (κ3) is 3.69. The summed E-state index contributed by atoms with van der Waals surface area (Å²) in [6, 6.07) is 18.9. The average Bonchev–Trinajstić information content (AvgIpc) is 2.71. The molecule has 0 radical (unpaired) electrons. The zero-order valence-electron chi connectivity index (χ0n) is 15.3. The Bertz CT molecular complexity index is 1270. The van der Waals surface area contributed by atoms with Crippen LogP contribution in [0.15, 0.2) is 77.7 Å². The molecule has 2 aromatic heterocycles. The lowest BCUT2D eigenvalue weighted by Crippen LogP contribution is -2.16. The van der Waals surface area contributed by atoms with Crippen LogP contribution >= 0.6 is 0 Å². The molecule has 4 aromatic rings. The van der Waals surface area contributed by atoms with Crippen molar-refractivity contribution in [1.82, 2.24) is 9.38 Å². The lowest BCUT2D eigenvalue weighted by atomic mass is 10.0. The van der Waals surface area contributed by atoms with E-state index >= 15 is 0 Å². The van der Waals surface area contributed by atoms with Gasteiger partial charge in [0.15, 0.2) is 0 Å². The minimum absolute atomic E-state index is 0.0572. The van der Waals surface area contributed by atoms with Gasteiger partial charge >= 0.3 is 5.97 Å². The third-order valence-corrected chi connectivity index (χ3v) is 4.45. The van der Waals surface area contributed by atoms with Crippen LogP contribution in [0.5, 0.6) is 0 Å². The van der Waals surface area contributed by atoms with Gasteiger partial charge < -0.3 is 4.74 Å². The van der Waals surface area contributed by atoms with Gasteiger partial charge in [-0.25, -0.2) is 9.78 Å². The molecule has 138 valence electrons. The molecule has 0 aliphatic rings. The highest BCUT2D eigenvalue weighted by Crippen LogP contribution is 2.19. The Labute approximate surface area is 161 Å². The van der Waals surface area contributed by atoms with E-state index in [0.29, 0.717) is 11.3 Å².